The zero-order valence-electron chi connectivity index (χ0n) is 12.9. The van der Waals surface area contributed by atoms with Gasteiger partial charge in [0.2, 0.25) is 0 Å². The number of hydrogen-bond acceptors (Lipinski definition) is 2. The van der Waals surface area contributed by atoms with Crippen molar-refractivity contribution in [1.82, 2.24) is 9.88 Å². The summed E-state index contributed by atoms with van der Waals surface area (Å²) < 4.78 is 0. The van der Waals surface area contributed by atoms with Gasteiger partial charge < -0.3 is 20.7 Å². The van der Waals surface area contributed by atoms with Gasteiger partial charge in [-0.05, 0) is 55.9 Å². The molecule has 0 spiro atoms. The average Bonchev–Trinajstić information content (AvgIpc) is 2.91. The largest absolute Gasteiger partial charge is 0.465 e. The maximum atomic E-state index is 11.4. The van der Waals surface area contributed by atoms with Gasteiger partial charge in [-0.2, -0.15) is 0 Å². The van der Waals surface area contributed by atoms with Gasteiger partial charge in [0.25, 0.3) is 0 Å². The van der Waals surface area contributed by atoms with Gasteiger partial charge >= 0.3 is 6.09 Å². The van der Waals surface area contributed by atoms with Crippen molar-refractivity contribution in [2.75, 3.05) is 12.3 Å². The fourth-order valence-corrected chi connectivity index (χ4v) is 3.78. The third-order valence-electron chi connectivity index (χ3n) is 4.85. The lowest BCUT2D eigenvalue weighted by Crippen LogP contribution is -2.41. The van der Waals surface area contributed by atoms with Crippen LogP contribution in [0, 0.1) is 0 Å². The summed E-state index contributed by atoms with van der Waals surface area (Å²) in [5.74, 6) is 0.391. The standard InChI is InChI=1S/C17H23N3O2/c1-2-20(17(21)22)13-5-3-4-11(8-13)15-10-19-16-7-6-12(18)9-14(15)16/h6-7,9-11,13,19H,2-5,8,18H2,1H3,(H,21,22). The predicted octanol–water partition coefficient (Wildman–Crippen LogP) is 3.78. The minimum Gasteiger partial charge on any atom is -0.465 e. The van der Waals surface area contributed by atoms with Crippen LogP contribution in [-0.4, -0.2) is 33.7 Å². The summed E-state index contributed by atoms with van der Waals surface area (Å²) in [5, 5.41) is 10.5. The molecule has 5 heteroatoms. The minimum atomic E-state index is -0.809. The highest BCUT2D eigenvalue weighted by atomic mass is 16.4. The van der Waals surface area contributed by atoms with E-state index in [0.717, 1.165) is 36.9 Å². The van der Waals surface area contributed by atoms with Crippen LogP contribution in [0.2, 0.25) is 0 Å². The van der Waals surface area contributed by atoms with Crippen molar-refractivity contribution in [3.8, 4) is 0 Å². The molecule has 118 valence electrons. The Morgan fingerprint density at radius 3 is 3.00 bits per heavy atom. The molecule has 0 bridgehead atoms. The molecular weight excluding hydrogens is 278 g/mol. The first kappa shape index (κ1) is 14.8. The third-order valence-corrected chi connectivity index (χ3v) is 4.85. The van der Waals surface area contributed by atoms with Crippen LogP contribution in [0.1, 0.15) is 44.1 Å². The molecule has 1 fully saturated rings. The lowest BCUT2D eigenvalue weighted by molar-refractivity contribution is 0.111. The Kier molecular flexibility index (Phi) is 3.96. The van der Waals surface area contributed by atoms with Gasteiger partial charge in [0.1, 0.15) is 0 Å². The number of aromatic amines is 1. The van der Waals surface area contributed by atoms with Gasteiger partial charge in [0, 0.05) is 35.4 Å². The number of fused-ring (bicyclic) bond motifs is 1. The molecule has 0 aliphatic heterocycles. The van der Waals surface area contributed by atoms with E-state index in [1.54, 1.807) is 4.90 Å². The number of hydrogen-bond donors (Lipinski definition) is 3. The number of anilines is 1. The second-order valence-electron chi connectivity index (χ2n) is 6.13. The van der Waals surface area contributed by atoms with Gasteiger partial charge in [-0.3, -0.25) is 0 Å². The van der Waals surface area contributed by atoms with Crippen LogP contribution in [0.4, 0.5) is 10.5 Å². The van der Waals surface area contributed by atoms with Crippen LogP contribution in [-0.2, 0) is 0 Å². The molecule has 2 atom stereocenters. The van der Waals surface area contributed by atoms with Crippen LogP contribution in [0.5, 0.6) is 0 Å². The first-order valence-electron chi connectivity index (χ1n) is 7.96. The van der Waals surface area contributed by atoms with Crippen molar-refractivity contribution < 1.29 is 9.90 Å². The highest BCUT2D eigenvalue weighted by molar-refractivity contribution is 5.86. The molecule has 1 heterocycles. The van der Waals surface area contributed by atoms with E-state index in [1.807, 2.05) is 25.1 Å². The normalized spacial score (nSPS) is 21.9. The number of nitrogens with zero attached hydrogens (tertiary/aromatic N) is 1. The Bertz CT molecular complexity index is 680. The summed E-state index contributed by atoms with van der Waals surface area (Å²) in [4.78, 5) is 16.3. The molecule has 1 aliphatic rings. The lowest BCUT2D eigenvalue weighted by Gasteiger charge is -2.35. The Morgan fingerprint density at radius 2 is 2.27 bits per heavy atom. The van der Waals surface area contributed by atoms with Crippen LogP contribution < -0.4 is 5.73 Å². The summed E-state index contributed by atoms with van der Waals surface area (Å²) in [7, 11) is 0. The minimum absolute atomic E-state index is 0.118. The van der Waals surface area contributed by atoms with Crippen LogP contribution in [0.3, 0.4) is 0 Å². The SMILES string of the molecule is CCN(C(=O)O)C1CCCC(c2c[nH]c3ccc(N)cc23)C1. The molecule has 1 aliphatic carbocycles. The maximum Gasteiger partial charge on any atom is 0.407 e. The molecule has 0 radical (unpaired) electrons. The van der Waals surface area contributed by atoms with Gasteiger partial charge in [0.05, 0.1) is 0 Å². The monoisotopic (exact) mass is 301 g/mol. The van der Waals surface area contributed by atoms with Gasteiger partial charge in [-0.1, -0.05) is 6.42 Å². The Hall–Kier alpha value is -2.17. The molecule has 0 saturated heterocycles. The van der Waals surface area contributed by atoms with Crippen molar-refractivity contribution in [1.29, 1.82) is 0 Å². The van der Waals surface area contributed by atoms with Crippen LogP contribution in [0.15, 0.2) is 24.4 Å². The molecule has 1 amide bonds. The molecule has 1 aromatic carbocycles. The van der Waals surface area contributed by atoms with Gasteiger partial charge in [-0.15, -0.1) is 0 Å². The van der Waals surface area contributed by atoms with Gasteiger partial charge in [0.15, 0.2) is 0 Å². The molecule has 4 N–H and O–H groups in total. The number of nitrogen functional groups attached to an aromatic ring is 1. The molecule has 2 aromatic rings. The average molecular weight is 301 g/mol. The van der Waals surface area contributed by atoms with Gasteiger partial charge in [-0.25, -0.2) is 4.79 Å². The zero-order chi connectivity index (χ0) is 15.7. The van der Waals surface area contributed by atoms with Crippen molar-refractivity contribution in [3.63, 3.8) is 0 Å². The smallest absolute Gasteiger partial charge is 0.407 e. The molecule has 5 nitrogen and oxygen atoms in total. The summed E-state index contributed by atoms with van der Waals surface area (Å²) in [5.41, 5.74) is 9.05. The number of nitrogens with one attached hydrogen (secondary N) is 1. The number of aromatic nitrogens is 1. The Balaban J connectivity index is 1.87. The number of amides is 1. The summed E-state index contributed by atoms with van der Waals surface area (Å²) in [6.45, 7) is 2.46. The second kappa shape index (κ2) is 5.91. The maximum absolute atomic E-state index is 11.4. The predicted molar refractivity (Wildman–Crippen MR) is 88.1 cm³/mol. The van der Waals surface area contributed by atoms with E-state index < -0.39 is 6.09 Å². The van der Waals surface area contributed by atoms with Crippen LogP contribution >= 0.6 is 0 Å². The van der Waals surface area contributed by atoms with Crippen molar-refractivity contribution in [3.05, 3.63) is 30.0 Å². The third kappa shape index (κ3) is 2.63. The molecular formula is C17H23N3O2. The van der Waals surface area contributed by atoms with Crippen molar-refractivity contribution in [2.24, 2.45) is 0 Å². The number of carbonyl (C=O) groups is 1. The van der Waals surface area contributed by atoms with Crippen LogP contribution in [0.25, 0.3) is 10.9 Å². The molecule has 1 saturated carbocycles. The quantitative estimate of drug-likeness (QED) is 0.755. The highest BCUT2D eigenvalue weighted by Crippen LogP contribution is 2.38. The van der Waals surface area contributed by atoms with Crippen molar-refractivity contribution in [2.45, 2.75) is 44.6 Å². The first-order valence-corrected chi connectivity index (χ1v) is 7.96. The Morgan fingerprint density at radius 1 is 1.45 bits per heavy atom. The fourth-order valence-electron chi connectivity index (χ4n) is 3.78. The number of benzene rings is 1. The molecule has 22 heavy (non-hydrogen) atoms. The Labute approximate surface area is 130 Å². The second-order valence-corrected chi connectivity index (χ2v) is 6.13. The van der Waals surface area contributed by atoms with E-state index in [4.69, 9.17) is 5.73 Å². The molecule has 2 unspecified atom stereocenters. The summed E-state index contributed by atoms with van der Waals surface area (Å²) >= 11 is 0. The highest BCUT2D eigenvalue weighted by Gasteiger charge is 2.30. The number of nitrogens with two attached hydrogens (primary N) is 1. The van der Waals surface area contributed by atoms with Crippen molar-refractivity contribution >= 4 is 22.7 Å². The van der Waals surface area contributed by atoms with E-state index >= 15 is 0 Å². The van der Waals surface area contributed by atoms with E-state index in [0.29, 0.717) is 12.5 Å². The lowest BCUT2D eigenvalue weighted by atomic mass is 9.80. The van der Waals surface area contributed by atoms with E-state index in [-0.39, 0.29) is 6.04 Å². The fraction of sp³-hybridized carbons (Fsp3) is 0.471. The topological polar surface area (TPSA) is 82.4 Å². The molecule has 1 aromatic heterocycles. The number of H-pyrrole nitrogens is 1. The summed E-state index contributed by atoms with van der Waals surface area (Å²) in [6, 6.07) is 6.03. The number of carboxylic acid groups (broad SMARTS) is 1. The van der Waals surface area contributed by atoms with E-state index in [1.165, 1.54) is 10.9 Å². The number of rotatable bonds is 3. The molecule has 3 rings (SSSR count). The van der Waals surface area contributed by atoms with E-state index in [9.17, 15) is 9.90 Å². The summed E-state index contributed by atoms with van der Waals surface area (Å²) in [6.07, 6.45) is 5.28. The van der Waals surface area contributed by atoms with E-state index in [2.05, 4.69) is 11.2 Å². The first-order chi connectivity index (χ1) is 10.6. The zero-order valence-corrected chi connectivity index (χ0v) is 12.9.